The van der Waals surface area contributed by atoms with Crippen LogP contribution in [0.4, 0.5) is 0 Å². The second-order valence-corrected chi connectivity index (χ2v) is 19.0. The van der Waals surface area contributed by atoms with E-state index in [2.05, 4.69) is 59.7 Å². The average Bonchev–Trinajstić information content (AvgIpc) is 3.31. The van der Waals surface area contributed by atoms with Crippen LogP contribution in [0.5, 0.6) is 0 Å². The van der Waals surface area contributed by atoms with Crippen molar-refractivity contribution in [3.8, 4) is 0 Å². The minimum atomic E-state index is -0.426. The Hall–Kier alpha value is -1.74. The molecule has 0 unspecified atom stereocenters. The van der Waals surface area contributed by atoms with Gasteiger partial charge in [-0.05, 0) is 104 Å². The quantitative estimate of drug-likeness (QED) is 0.0961. The third-order valence-electron chi connectivity index (χ3n) is 14.6. The van der Waals surface area contributed by atoms with Gasteiger partial charge in [0.25, 0.3) is 0 Å². The molecule has 4 saturated carbocycles. The summed E-state index contributed by atoms with van der Waals surface area (Å²) in [4.78, 5) is 45.2. The van der Waals surface area contributed by atoms with Gasteiger partial charge in [-0.2, -0.15) is 0 Å². The van der Waals surface area contributed by atoms with Crippen LogP contribution in [-0.4, -0.2) is 52.2 Å². The molecule has 46 heavy (non-hydrogen) atoms. The maximum absolute atomic E-state index is 13.5. The van der Waals surface area contributed by atoms with Gasteiger partial charge < -0.3 is 9.57 Å². The van der Waals surface area contributed by atoms with Crippen LogP contribution in [0.1, 0.15) is 119 Å². The number of fused-ring (bicyclic) bond motifs is 7. The van der Waals surface area contributed by atoms with E-state index in [1.807, 2.05) is 0 Å². The summed E-state index contributed by atoms with van der Waals surface area (Å²) >= 11 is 6.58. The van der Waals surface area contributed by atoms with Gasteiger partial charge in [0.1, 0.15) is 4.32 Å². The predicted octanol–water partition coefficient (Wildman–Crippen LogP) is 8.11. The van der Waals surface area contributed by atoms with E-state index in [0.717, 1.165) is 69.9 Å². The molecule has 0 spiro atoms. The summed E-state index contributed by atoms with van der Waals surface area (Å²) < 4.78 is 6.06. The number of hydrogen-bond acceptors (Lipinski definition) is 8. The lowest BCUT2D eigenvalue weighted by Gasteiger charge is -2.70. The monoisotopic (exact) mass is 670 g/mol. The fourth-order valence-electron chi connectivity index (χ4n) is 11.7. The highest BCUT2D eigenvalue weighted by Crippen LogP contribution is 2.75. The van der Waals surface area contributed by atoms with Crippen molar-refractivity contribution in [3.63, 3.8) is 0 Å². The number of amides is 1. The first kappa shape index (κ1) is 34.1. The van der Waals surface area contributed by atoms with Crippen LogP contribution in [0.25, 0.3) is 0 Å². The average molecular weight is 671 g/mol. The first-order chi connectivity index (χ1) is 21.4. The lowest BCUT2D eigenvalue weighted by Crippen LogP contribution is -2.64. The standard InChI is InChI=1S/C37H54N2O5S2/c1-32(2)16-18-37(30(42)43-8)19-17-35(6)23(24(37)21-32)9-10-26-34(5)14-12-27(33(3,4)25(34)11-15-36(26,35)7)38-44-29(41)13-20-39-28(40)22-46-31(39)45/h9,24-26H,10-22H2,1-8H3/b38-27-/t24-,25+,26+,34+,35-,36-,37+/m1/s1. The molecule has 1 aliphatic heterocycles. The summed E-state index contributed by atoms with van der Waals surface area (Å²) in [6.45, 7) is 17.2. The van der Waals surface area contributed by atoms with Gasteiger partial charge in [-0.25, -0.2) is 4.79 Å². The number of carbonyl (C=O) groups is 3. The Bertz CT molecular complexity index is 1390. The fraction of sp³-hybridized carbons (Fsp3) is 0.811. The first-order valence-corrected chi connectivity index (χ1v) is 18.9. The van der Waals surface area contributed by atoms with Crippen LogP contribution < -0.4 is 0 Å². The molecule has 1 heterocycles. The maximum Gasteiger partial charge on any atom is 0.336 e. The Kier molecular flexibility index (Phi) is 8.47. The fourth-order valence-corrected chi connectivity index (χ4v) is 12.9. The first-order valence-electron chi connectivity index (χ1n) is 17.5. The zero-order valence-electron chi connectivity index (χ0n) is 29.3. The number of allylic oxidation sites excluding steroid dienone is 2. The number of hydrogen-bond donors (Lipinski definition) is 0. The summed E-state index contributed by atoms with van der Waals surface area (Å²) in [7, 11) is 1.57. The van der Waals surface area contributed by atoms with Crippen molar-refractivity contribution in [2.45, 2.75) is 119 Å². The number of carbonyl (C=O) groups excluding carboxylic acids is 3. The van der Waals surface area contributed by atoms with Crippen molar-refractivity contribution in [1.82, 2.24) is 4.90 Å². The van der Waals surface area contributed by atoms with E-state index >= 15 is 0 Å². The second kappa shape index (κ2) is 11.4. The number of thioether (sulfide) groups is 1. The van der Waals surface area contributed by atoms with Gasteiger partial charge in [-0.15, -0.1) is 0 Å². The molecule has 5 fully saturated rings. The van der Waals surface area contributed by atoms with E-state index in [9.17, 15) is 14.4 Å². The van der Waals surface area contributed by atoms with E-state index in [1.165, 1.54) is 16.7 Å². The minimum Gasteiger partial charge on any atom is -0.469 e. The van der Waals surface area contributed by atoms with Crippen LogP contribution in [0.3, 0.4) is 0 Å². The lowest BCUT2D eigenvalue weighted by molar-refractivity contribution is -0.181. The summed E-state index contributed by atoms with van der Waals surface area (Å²) in [6.07, 6.45) is 12.8. The molecule has 0 N–H and O–H groups in total. The molecule has 7 atom stereocenters. The van der Waals surface area contributed by atoms with E-state index in [4.69, 9.17) is 21.8 Å². The summed E-state index contributed by atoms with van der Waals surface area (Å²) in [5.74, 6) is 1.07. The van der Waals surface area contributed by atoms with Crippen LogP contribution >= 0.6 is 24.0 Å². The summed E-state index contributed by atoms with van der Waals surface area (Å²) in [5, 5.41) is 4.50. The normalized spacial score (nSPS) is 41.9. The van der Waals surface area contributed by atoms with E-state index < -0.39 is 5.97 Å². The molecule has 0 aromatic rings. The van der Waals surface area contributed by atoms with Gasteiger partial charge >= 0.3 is 11.9 Å². The van der Waals surface area contributed by atoms with Gasteiger partial charge in [0, 0.05) is 12.0 Å². The second-order valence-electron chi connectivity index (χ2n) is 17.4. The van der Waals surface area contributed by atoms with Gasteiger partial charge in [0.05, 0.1) is 30.4 Å². The van der Waals surface area contributed by atoms with Crippen molar-refractivity contribution in [3.05, 3.63) is 11.6 Å². The zero-order chi connectivity index (χ0) is 33.5. The number of ether oxygens (including phenoxy) is 1. The number of esters is 1. The topological polar surface area (TPSA) is 85.3 Å². The van der Waals surface area contributed by atoms with Gasteiger partial charge in [0.15, 0.2) is 0 Å². The van der Waals surface area contributed by atoms with Gasteiger partial charge in [0.2, 0.25) is 5.91 Å². The molecule has 254 valence electrons. The van der Waals surface area contributed by atoms with Gasteiger partial charge in [-0.3, -0.25) is 14.5 Å². The van der Waals surface area contributed by atoms with E-state index in [0.29, 0.717) is 21.9 Å². The molecule has 9 heteroatoms. The molecular weight excluding hydrogens is 617 g/mol. The summed E-state index contributed by atoms with van der Waals surface area (Å²) in [6, 6.07) is 0. The molecule has 6 aliphatic rings. The molecular formula is C37H54N2O5S2. The molecule has 1 amide bonds. The van der Waals surface area contributed by atoms with Crippen molar-refractivity contribution in [1.29, 1.82) is 0 Å². The smallest absolute Gasteiger partial charge is 0.336 e. The molecule has 0 bridgehead atoms. The van der Waals surface area contributed by atoms with Crippen molar-refractivity contribution in [2.75, 3.05) is 19.4 Å². The van der Waals surface area contributed by atoms with Crippen LogP contribution in [-0.2, 0) is 24.0 Å². The number of rotatable bonds is 5. The highest BCUT2D eigenvalue weighted by molar-refractivity contribution is 8.23. The zero-order valence-corrected chi connectivity index (χ0v) is 30.9. The highest BCUT2D eigenvalue weighted by Gasteiger charge is 2.69. The minimum absolute atomic E-state index is 0.00689. The Labute approximate surface area is 285 Å². The Morgan fingerprint density at radius 1 is 1.02 bits per heavy atom. The lowest BCUT2D eigenvalue weighted by atomic mass is 9.33. The highest BCUT2D eigenvalue weighted by atomic mass is 32.2. The number of nitrogens with zero attached hydrogens (tertiary/aromatic N) is 2. The van der Waals surface area contributed by atoms with E-state index in [1.54, 1.807) is 12.7 Å². The summed E-state index contributed by atoms with van der Waals surface area (Å²) in [5.41, 5.74) is 2.45. The molecule has 1 saturated heterocycles. The van der Waals surface area contributed by atoms with Gasteiger partial charge in [-0.1, -0.05) is 89.3 Å². The molecule has 0 radical (unpaired) electrons. The SMILES string of the molecule is COC(=O)[C@]12CCC(C)(C)C[C@@H]1C1=CC[C@H]3[C@@]4(C)CC/C(=N/OC(=O)CCN5C(=O)CSC5=S)C(C)(C)[C@@H]4CC[C@@]3(C)[C@]1(C)CC2. The molecule has 7 nitrogen and oxygen atoms in total. The largest absolute Gasteiger partial charge is 0.469 e. The Morgan fingerprint density at radius 2 is 1.74 bits per heavy atom. The van der Waals surface area contributed by atoms with Crippen molar-refractivity contribution < 1.29 is 24.0 Å². The predicted molar refractivity (Wildman–Crippen MR) is 186 cm³/mol. The third kappa shape index (κ3) is 4.97. The molecule has 5 aliphatic carbocycles. The van der Waals surface area contributed by atoms with Crippen LogP contribution in [0.2, 0.25) is 0 Å². The number of methoxy groups -OCH3 is 1. The van der Waals surface area contributed by atoms with Crippen LogP contribution in [0.15, 0.2) is 16.8 Å². The van der Waals surface area contributed by atoms with Crippen molar-refractivity contribution in [2.24, 2.45) is 55.4 Å². The number of oxime groups is 1. The van der Waals surface area contributed by atoms with Crippen LogP contribution in [0, 0.1) is 50.2 Å². The van der Waals surface area contributed by atoms with E-state index in [-0.39, 0.29) is 63.2 Å². The van der Waals surface area contributed by atoms with Crippen molar-refractivity contribution >= 4 is 51.9 Å². The molecule has 0 aromatic carbocycles. The Balaban J connectivity index is 1.24. The molecule has 0 aromatic heterocycles. The molecule has 6 rings (SSSR count). The Morgan fingerprint density at radius 3 is 2.41 bits per heavy atom. The third-order valence-corrected chi connectivity index (χ3v) is 16.1. The number of thiocarbonyl (C=S) groups is 1. The maximum atomic E-state index is 13.5.